The number of nitrogens with two attached hydrogens (primary N) is 1. The summed E-state index contributed by atoms with van der Waals surface area (Å²) in [6, 6.07) is 10.7. The van der Waals surface area contributed by atoms with E-state index in [2.05, 4.69) is 33.3 Å². The van der Waals surface area contributed by atoms with E-state index in [0.29, 0.717) is 0 Å². The number of imidazole rings is 1. The third-order valence-corrected chi connectivity index (χ3v) is 7.12. The van der Waals surface area contributed by atoms with Crippen molar-refractivity contribution in [2.24, 2.45) is 19.8 Å². The highest BCUT2D eigenvalue weighted by Gasteiger charge is 2.25. The van der Waals surface area contributed by atoms with E-state index in [1.165, 1.54) is 0 Å². The van der Waals surface area contributed by atoms with Crippen molar-refractivity contribution in [3.8, 4) is 22.4 Å². The molecule has 0 amide bonds. The lowest BCUT2D eigenvalue weighted by Crippen LogP contribution is -2.32. The molecule has 0 aliphatic heterocycles. The maximum atomic E-state index is 13.3. The smallest absolute Gasteiger partial charge is 0.328 e. The standard InChI is InChI=1S/C26H27N7O/c1-31-15-18(13-30-31)22-9-4-17(12-28-22)16-3-10-23-21(11-16)25-24(14-29-23)32(2)26(34)33(25)20-7-5-19(27)6-8-20/h3-4,9-15,19-20H,5-8,27H2,1-2H3. The lowest BCUT2D eigenvalue weighted by Gasteiger charge is -2.27. The van der Waals surface area contributed by atoms with Gasteiger partial charge in [-0.05, 0) is 49.4 Å². The molecule has 8 nitrogen and oxygen atoms in total. The van der Waals surface area contributed by atoms with Crippen LogP contribution in [0.1, 0.15) is 31.7 Å². The summed E-state index contributed by atoms with van der Waals surface area (Å²) in [6.45, 7) is 0. The Bertz CT molecular complexity index is 1570. The summed E-state index contributed by atoms with van der Waals surface area (Å²) in [5, 5.41) is 5.21. The summed E-state index contributed by atoms with van der Waals surface area (Å²) in [5.41, 5.74) is 12.8. The first-order valence-electron chi connectivity index (χ1n) is 11.7. The normalized spacial score (nSPS) is 18.7. The van der Waals surface area contributed by atoms with Crippen molar-refractivity contribution < 1.29 is 0 Å². The fourth-order valence-corrected chi connectivity index (χ4v) is 5.19. The van der Waals surface area contributed by atoms with Gasteiger partial charge in [-0.3, -0.25) is 23.8 Å². The van der Waals surface area contributed by atoms with Gasteiger partial charge in [-0.1, -0.05) is 12.1 Å². The van der Waals surface area contributed by atoms with Crippen LogP contribution in [0.2, 0.25) is 0 Å². The van der Waals surface area contributed by atoms with E-state index in [9.17, 15) is 4.79 Å². The van der Waals surface area contributed by atoms with Crippen molar-refractivity contribution in [3.63, 3.8) is 0 Å². The van der Waals surface area contributed by atoms with Gasteiger partial charge in [0.15, 0.2) is 0 Å². The summed E-state index contributed by atoms with van der Waals surface area (Å²) in [7, 11) is 3.72. The molecule has 0 unspecified atom stereocenters. The van der Waals surface area contributed by atoms with Crippen LogP contribution in [0, 0.1) is 0 Å². The summed E-state index contributed by atoms with van der Waals surface area (Å²) in [5.74, 6) is 0. The first-order valence-corrected chi connectivity index (χ1v) is 11.7. The van der Waals surface area contributed by atoms with Gasteiger partial charge in [-0.15, -0.1) is 0 Å². The predicted molar refractivity (Wildman–Crippen MR) is 133 cm³/mol. The molecule has 1 fully saturated rings. The number of rotatable bonds is 3. The van der Waals surface area contributed by atoms with E-state index in [0.717, 1.165) is 70.0 Å². The molecule has 6 rings (SSSR count). The van der Waals surface area contributed by atoms with Crippen LogP contribution in [-0.2, 0) is 14.1 Å². The van der Waals surface area contributed by atoms with Gasteiger partial charge in [0, 0.05) is 55.1 Å². The van der Waals surface area contributed by atoms with E-state index in [4.69, 9.17) is 5.73 Å². The molecule has 5 aromatic rings. The van der Waals surface area contributed by atoms with Crippen molar-refractivity contribution in [1.29, 1.82) is 0 Å². The molecule has 172 valence electrons. The summed E-state index contributed by atoms with van der Waals surface area (Å²) in [6.07, 6.45) is 11.2. The zero-order chi connectivity index (χ0) is 23.4. The second-order valence-corrected chi connectivity index (χ2v) is 9.34. The second-order valence-electron chi connectivity index (χ2n) is 9.34. The van der Waals surface area contributed by atoms with Crippen molar-refractivity contribution in [3.05, 3.63) is 65.6 Å². The maximum Gasteiger partial charge on any atom is 0.329 e. The molecule has 0 radical (unpaired) electrons. The fourth-order valence-electron chi connectivity index (χ4n) is 5.19. The molecule has 2 N–H and O–H groups in total. The summed E-state index contributed by atoms with van der Waals surface area (Å²) < 4.78 is 5.47. The summed E-state index contributed by atoms with van der Waals surface area (Å²) in [4.78, 5) is 22.6. The molecule has 1 saturated carbocycles. The van der Waals surface area contributed by atoms with Gasteiger partial charge in [0.25, 0.3) is 0 Å². The molecule has 0 saturated heterocycles. The highest BCUT2D eigenvalue weighted by atomic mass is 16.1. The minimum absolute atomic E-state index is 0.0117. The van der Waals surface area contributed by atoms with Crippen molar-refractivity contribution >= 4 is 21.9 Å². The molecule has 0 atom stereocenters. The third-order valence-electron chi connectivity index (χ3n) is 7.12. The maximum absolute atomic E-state index is 13.3. The second kappa shape index (κ2) is 7.92. The van der Waals surface area contributed by atoms with Gasteiger partial charge >= 0.3 is 5.69 Å². The van der Waals surface area contributed by atoms with Crippen LogP contribution in [0.5, 0.6) is 0 Å². The highest BCUT2D eigenvalue weighted by molar-refractivity contribution is 6.04. The Morgan fingerprint density at radius 2 is 1.71 bits per heavy atom. The molecule has 1 aliphatic carbocycles. The number of aryl methyl sites for hydroxylation is 2. The summed E-state index contributed by atoms with van der Waals surface area (Å²) >= 11 is 0. The molecule has 1 aromatic carbocycles. The highest BCUT2D eigenvalue weighted by Crippen LogP contribution is 2.34. The number of pyridine rings is 2. The first kappa shape index (κ1) is 20.8. The lowest BCUT2D eigenvalue weighted by molar-refractivity contribution is 0.322. The molecule has 1 aliphatic rings. The SMILES string of the molecule is Cn1cc(-c2ccc(-c3ccc4ncc5c(c4c3)n(C3CCC(N)CC3)c(=O)n5C)cn2)cn1. The van der Waals surface area contributed by atoms with Crippen LogP contribution in [0.4, 0.5) is 0 Å². The van der Waals surface area contributed by atoms with E-state index < -0.39 is 0 Å². The van der Waals surface area contributed by atoms with Crippen LogP contribution >= 0.6 is 0 Å². The molecule has 4 heterocycles. The average molecular weight is 454 g/mol. The number of hydrogen-bond acceptors (Lipinski definition) is 5. The average Bonchev–Trinajstić information content (AvgIpc) is 3.41. The number of benzene rings is 1. The van der Waals surface area contributed by atoms with Crippen molar-refractivity contribution in [2.45, 2.75) is 37.8 Å². The zero-order valence-electron chi connectivity index (χ0n) is 19.3. The van der Waals surface area contributed by atoms with Gasteiger partial charge in [0.1, 0.15) is 0 Å². The Hall–Kier alpha value is -3.78. The monoisotopic (exact) mass is 453 g/mol. The lowest BCUT2D eigenvalue weighted by atomic mass is 9.91. The van der Waals surface area contributed by atoms with E-state index in [-0.39, 0.29) is 17.8 Å². The Labute approximate surface area is 196 Å². The van der Waals surface area contributed by atoms with Crippen LogP contribution in [0.15, 0.2) is 59.9 Å². The van der Waals surface area contributed by atoms with Gasteiger partial charge in [0.05, 0.1) is 34.6 Å². The topological polar surface area (TPSA) is 96.6 Å². The van der Waals surface area contributed by atoms with Gasteiger partial charge in [0.2, 0.25) is 0 Å². The number of hydrogen-bond donors (Lipinski definition) is 1. The van der Waals surface area contributed by atoms with Gasteiger partial charge in [-0.25, -0.2) is 4.79 Å². The van der Waals surface area contributed by atoms with E-state index >= 15 is 0 Å². The molecule has 0 bridgehead atoms. The predicted octanol–water partition coefficient (Wildman–Crippen LogP) is 3.79. The molecule has 0 spiro atoms. The van der Waals surface area contributed by atoms with Crippen LogP contribution in [0.3, 0.4) is 0 Å². The van der Waals surface area contributed by atoms with Gasteiger partial charge < -0.3 is 5.73 Å². The van der Waals surface area contributed by atoms with E-state index in [1.54, 1.807) is 9.25 Å². The Morgan fingerprint density at radius 3 is 2.41 bits per heavy atom. The number of nitrogens with zero attached hydrogens (tertiary/aromatic N) is 6. The van der Waals surface area contributed by atoms with E-state index in [1.807, 2.05) is 55.6 Å². The fraction of sp³-hybridized carbons (Fsp3) is 0.308. The van der Waals surface area contributed by atoms with Gasteiger partial charge in [-0.2, -0.15) is 5.10 Å². The molecule has 4 aromatic heterocycles. The largest absolute Gasteiger partial charge is 0.329 e. The van der Waals surface area contributed by atoms with Crippen LogP contribution < -0.4 is 11.4 Å². The molecule has 8 heteroatoms. The minimum atomic E-state index is 0.0117. The molecular weight excluding hydrogens is 426 g/mol. The van der Waals surface area contributed by atoms with Crippen molar-refractivity contribution in [2.75, 3.05) is 0 Å². The first-order chi connectivity index (χ1) is 16.5. The Kier molecular flexibility index (Phi) is 4.84. The molecular formula is C26H27N7O. The van der Waals surface area contributed by atoms with Crippen LogP contribution in [-0.4, -0.2) is 34.9 Å². The quantitative estimate of drug-likeness (QED) is 0.448. The van der Waals surface area contributed by atoms with Crippen molar-refractivity contribution in [1.82, 2.24) is 28.9 Å². The zero-order valence-corrected chi connectivity index (χ0v) is 19.3. The number of aromatic nitrogens is 6. The molecule has 34 heavy (non-hydrogen) atoms. The van der Waals surface area contributed by atoms with Crippen LogP contribution in [0.25, 0.3) is 44.3 Å². The Balaban J connectivity index is 1.48. The minimum Gasteiger partial charge on any atom is -0.328 e. The third kappa shape index (κ3) is 3.33. The number of fused-ring (bicyclic) bond motifs is 3. The Morgan fingerprint density at radius 1 is 0.912 bits per heavy atom.